The smallest absolute Gasteiger partial charge is 0.305 e. The van der Waals surface area contributed by atoms with E-state index in [0.717, 1.165) is 50.4 Å². The predicted molar refractivity (Wildman–Crippen MR) is 170 cm³/mol. The van der Waals surface area contributed by atoms with E-state index >= 15 is 0 Å². The van der Waals surface area contributed by atoms with Gasteiger partial charge in [0.15, 0.2) is 6.29 Å². The van der Waals surface area contributed by atoms with Crippen LogP contribution in [0.25, 0.3) is 0 Å². The first-order chi connectivity index (χ1) is 21.4. The lowest BCUT2D eigenvalue weighted by Gasteiger charge is -2.58. The topological polar surface area (TPSA) is 97.4 Å². The molecule has 250 valence electrons. The lowest BCUT2D eigenvalue weighted by Crippen LogP contribution is -2.51. The minimum Gasteiger partial charge on any atom is -0.469 e. The SMILES string of the molecule is COC(=O)CCC/C=C(\C)C1CCC2C3CC=C4C[C@@H](OC5C=CC(OC(C)=O)[C@@H](COC(C)=O)O5)CC[C@]4(C)C3CC[C@]12C. The Labute approximate surface area is 269 Å². The zero-order valence-corrected chi connectivity index (χ0v) is 28.2. The van der Waals surface area contributed by atoms with E-state index in [1.54, 1.807) is 11.6 Å². The monoisotopic (exact) mass is 626 g/mol. The molecular weight excluding hydrogens is 572 g/mol. The van der Waals surface area contributed by atoms with Crippen molar-refractivity contribution in [1.82, 2.24) is 0 Å². The lowest BCUT2D eigenvalue weighted by molar-refractivity contribution is -0.213. The van der Waals surface area contributed by atoms with Gasteiger partial charge >= 0.3 is 17.9 Å². The molecule has 0 amide bonds. The summed E-state index contributed by atoms with van der Waals surface area (Å²) in [5.74, 6) is 1.90. The van der Waals surface area contributed by atoms with Crippen LogP contribution < -0.4 is 0 Å². The van der Waals surface area contributed by atoms with Crippen LogP contribution >= 0.6 is 0 Å². The first-order valence-corrected chi connectivity index (χ1v) is 17.2. The molecule has 5 aliphatic rings. The van der Waals surface area contributed by atoms with Gasteiger partial charge in [0.25, 0.3) is 0 Å². The average molecular weight is 627 g/mol. The summed E-state index contributed by atoms with van der Waals surface area (Å²) < 4.78 is 28.0. The van der Waals surface area contributed by atoms with Crippen LogP contribution in [-0.4, -0.2) is 56.2 Å². The first-order valence-electron chi connectivity index (χ1n) is 17.2. The van der Waals surface area contributed by atoms with Gasteiger partial charge in [-0.15, -0.1) is 0 Å². The van der Waals surface area contributed by atoms with Gasteiger partial charge in [-0.25, -0.2) is 0 Å². The zero-order chi connectivity index (χ0) is 32.4. The van der Waals surface area contributed by atoms with Crippen molar-refractivity contribution in [2.45, 2.75) is 130 Å². The number of rotatable bonds is 10. The Morgan fingerprint density at radius 3 is 2.53 bits per heavy atom. The van der Waals surface area contributed by atoms with Crippen molar-refractivity contribution in [2.75, 3.05) is 13.7 Å². The Balaban J connectivity index is 1.21. The number of carbonyl (C=O) groups is 3. The Bertz CT molecular complexity index is 1200. The van der Waals surface area contributed by atoms with Crippen molar-refractivity contribution in [1.29, 1.82) is 0 Å². The third-order valence-electron chi connectivity index (χ3n) is 12.1. The lowest BCUT2D eigenvalue weighted by atomic mass is 9.47. The van der Waals surface area contributed by atoms with Crippen LogP contribution in [0.3, 0.4) is 0 Å². The Hall–Kier alpha value is -2.45. The molecule has 0 aromatic carbocycles. The van der Waals surface area contributed by atoms with Crippen molar-refractivity contribution in [3.63, 3.8) is 0 Å². The number of hydrogen-bond acceptors (Lipinski definition) is 8. The van der Waals surface area contributed by atoms with Gasteiger partial charge in [-0.1, -0.05) is 37.1 Å². The van der Waals surface area contributed by atoms with Crippen molar-refractivity contribution in [3.05, 3.63) is 35.5 Å². The summed E-state index contributed by atoms with van der Waals surface area (Å²) >= 11 is 0. The number of methoxy groups -OCH3 is 1. The van der Waals surface area contributed by atoms with Crippen LogP contribution in [0.5, 0.6) is 0 Å². The Kier molecular flexibility index (Phi) is 10.6. The first kappa shape index (κ1) is 33.9. The van der Waals surface area contributed by atoms with Gasteiger partial charge in [0.1, 0.15) is 18.8 Å². The van der Waals surface area contributed by atoms with E-state index in [1.807, 2.05) is 6.08 Å². The summed E-state index contributed by atoms with van der Waals surface area (Å²) in [6.45, 7) is 10.1. The predicted octanol–water partition coefficient (Wildman–Crippen LogP) is 7.02. The summed E-state index contributed by atoms with van der Waals surface area (Å²) in [7, 11) is 1.46. The Morgan fingerprint density at radius 2 is 1.80 bits per heavy atom. The van der Waals surface area contributed by atoms with Gasteiger partial charge in [-0.05, 0) is 118 Å². The fourth-order valence-electron chi connectivity index (χ4n) is 9.84. The van der Waals surface area contributed by atoms with Crippen LogP contribution in [0.15, 0.2) is 35.5 Å². The highest BCUT2D eigenvalue weighted by Crippen LogP contribution is 2.67. The highest BCUT2D eigenvalue weighted by Gasteiger charge is 2.58. The number of fused-ring (bicyclic) bond motifs is 5. The molecule has 8 nitrogen and oxygen atoms in total. The van der Waals surface area contributed by atoms with Gasteiger partial charge in [0.05, 0.1) is 13.2 Å². The number of carbonyl (C=O) groups excluding carboxylic acids is 3. The number of allylic oxidation sites excluding steroid dienone is 3. The van der Waals surface area contributed by atoms with Crippen LogP contribution in [0.1, 0.15) is 105 Å². The van der Waals surface area contributed by atoms with Gasteiger partial charge in [0, 0.05) is 20.3 Å². The van der Waals surface area contributed by atoms with E-state index in [-0.39, 0.29) is 24.1 Å². The van der Waals surface area contributed by atoms with Crippen molar-refractivity contribution in [3.8, 4) is 0 Å². The molecule has 8 heteroatoms. The maximum atomic E-state index is 11.6. The summed E-state index contributed by atoms with van der Waals surface area (Å²) in [4.78, 5) is 34.5. The fraction of sp³-hybridized carbons (Fsp3) is 0.757. The van der Waals surface area contributed by atoms with E-state index in [2.05, 4.69) is 32.9 Å². The van der Waals surface area contributed by atoms with E-state index in [9.17, 15) is 14.4 Å². The molecule has 45 heavy (non-hydrogen) atoms. The highest BCUT2D eigenvalue weighted by atomic mass is 16.7. The molecule has 10 atom stereocenters. The van der Waals surface area contributed by atoms with Crippen molar-refractivity contribution < 1.29 is 38.1 Å². The molecule has 1 heterocycles. The molecule has 3 saturated carbocycles. The minimum absolute atomic E-state index is 0.0000934. The second-order valence-electron chi connectivity index (χ2n) is 14.7. The molecule has 1 aliphatic heterocycles. The standard InChI is InChI=1S/C37H54O8/c1-23(9-7-8-10-34(40)41-6)29-13-14-30-28-12-11-26-21-27(17-19-36(26,4)31(28)18-20-37(29,30)5)44-35-16-15-32(43-25(3)39)33(45-35)22-42-24(2)38/h9,11,15-16,27-33,35H,7-8,10,12-14,17-22H2,1-6H3/b23-9+/t27-,28?,29?,30?,31?,32?,33+,35?,36-,37+/m0/s1. The second kappa shape index (κ2) is 14.1. The summed E-state index contributed by atoms with van der Waals surface area (Å²) in [6.07, 6.45) is 18.4. The number of hydrogen-bond donors (Lipinski definition) is 0. The van der Waals surface area contributed by atoms with Crippen LogP contribution in [-0.2, 0) is 38.1 Å². The average Bonchev–Trinajstić information content (AvgIpc) is 3.36. The van der Waals surface area contributed by atoms with E-state index in [1.165, 1.54) is 52.2 Å². The molecule has 0 spiro atoms. The molecule has 5 rings (SSSR count). The minimum atomic E-state index is -0.618. The van der Waals surface area contributed by atoms with Gasteiger partial charge in [0.2, 0.25) is 0 Å². The van der Waals surface area contributed by atoms with Crippen molar-refractivity contribution >= 4 is 17.9 Å². The van der Waals surface area contributed by atoms with Crippen molar-refractivity contribution in [2.24, 2.45) is 34.5 Å². The van der Waals surface area contributed by atoms with Crippen LogP contribution in [0, 0.1) is 34.5 Å². The maximum absolute atomic E-state index is 11.6. The third kappa shape index (κ3) is 7.27. The summed E-state index contributed by atoms with van der Waals surface area (Å²) in [5, 5.41) is 0. The van der Waals surface area contributed by atoms with Gasteiger partial charge in [-0.3, -0.25) is 14.4 Å². The Morgan fingerprint density at radius 1 is 1.00 bits per heavy atom. The van der Waals surface area contributed by atoms with E-state index in [4.69, 9.17) is 23.7 Å². The molecule has 0 aromatic heterocycles. The molecule has 0 bridgehead atoms. The van der Waals surface area contributed by atoms with E-state index in [0.29, 0.717) is 23.7 Å². The molecular formula is C37H54O8. The van der Waals surface area contributed by atoms with Crippen LogP contribution in [0.4, 0.5) is 0 Å². The van der Waals surface area contributed by atoms with Gasteiger partial charge in [-0.2, -0.15) is 0 Å². The summed E-state index contributed by atoms with van der Waals surface area (Å²) in [6, 6.07) is 0. The molecule has 3 fully saturated rings. The molecule has 6 unspecified atom stereocenters. The van der Waals surface area contributed by atoms with Gasteiger partial charge < -0.3 is 23.7 Å². The van der Waals surface area contributed by atoms with Crippen LogP contribution in [0.2, 0.25) is 0 Å². The molecule has 0 N–H and O–H groups in total. The third-order valence-corrected chi connectivity index (χ3v) is 12.1. The number of ether oxygens (including phenoxy) is 5. The number of unbranched alkanes of at least 4 members (excludes halogenated alkanes) is 1. The summed E-state index contributed by atoms with van der Waals surface area (Å²) in [5.41, 5.74) is 3.63. The molecule has 0 aromatic rings. The quantitative estimate of drug-likeness (QED) is 0.111. The maximum Gasteiger partial charge on any atom is 0.305 e. The zero-order valence-electron chi connectivity index (χ0n) is 28.2. The largest absolute Gasteiger partial charge is 0.469 e. The normalized spacial score (nSPS) is 39.2. The van der Waals surface area contributed by atoms with E-state index < -0.39 is 30.4 Å². The second-order valence-corrected chi connectivity index (χ2v) is 14.7. The number of esters is 3. The molecule has 0 radical (unpaired) electrons. The molecule has 0 saturated heterocycles. The highest BCUT2D eigenvalue weighted by molar-refractivity contribution is 5.69. The molecule has 4 aliphatic carbocycles. The fourth-order valence-corrected chi connectivity index (χ4v) is 9.84.